The van der Waals surface area contributed by atoms with Gasteiger partial charge < -0.3 is 19.9 Å². The summed E-state index contributed by atoms with van der Waals surface area (Å²) in [5.74, 6) is 0.312. The van der Waals surface area contributed by atoms with Crippen LogP contribution in [-0.2, 0) is 6.18 Å². The van der Waals surface area contributed by atoms with Gasteiger partial charge in [-0.15, -0.1) is 0 Å². The molecule has 1 aliphatic heterocycles. The SMILES string of the molecule is O=[N+]([O-])C1=CC(=C(O)Nc2ccc(Oc3ccc(C(F)(F)F)cc3)cc2)NS1. The molecular formula is C17H12F3N3O4S. The maximum absolute atomic E-state index is 12.6. The zero-order valence-corrected chi connectivity index (χ0v) is 14.7. The van der Waals surface area contributed by atoms with Crippen molar-refractivity contribution < 1.29 is 27.9 Å². The van der Waals surface area contributed by atoms with E-state index in [-0.39, 0.29) is 22.4 Å². The lowest BCUT2D eigenvalue weighted by Crippen LogP contribution is -2.07. The number of hydrogen-bond acceptors (Lipinski definition) is 7. The zero-order chi connectivity index (χ0) is 20.3. The minimum atomic E-state index is -4.41. The fraction of sp³-hybridized carbons (Fsp3) is 0.0588. The van der Waals surface area contributed by atoms with Crippen LogP contribution in [0.3, 0.4) is 0 Å². The number of anilines is 1. The third-order valence-electron chi connectivity index (χ3n) is 3.50. The van der Waals surface area contributed by atoms with Gasteiger partial charge in [-0.3, -0.25) is 10.1 Å². The number of halogens is 3. The van der Waals surface area contributed by atoms with Crippen LogP contribution in [0.1, 0.15) is 5.56 Å². The predicted molar refractivity (Wildman–Crippen MR) is 97.0 cm³/mol. The Morgan fingerprint density at radius 3 is 2.18 bits per heavy atom. The number of allylic oxidation sites excluding steroid dienone is 1. The number of nitro groups is 1. The number of aliphatic hydroxyl groups is 1. The second kappa shape index (κ2) is 7.72. The standard InChI is InChI=1S/C17H12F3N3O4S/c18-17(19,20)10-1-5-12(6-2-10)27-13-7-3-11(4-8-13)21-16(24)14-9-15(23(25)26)28-22-14/h1-9,21-22,24H. The molecule has 0 saturated carbocycles. The highest BCUT2D eigenvalue weighted by molar-refractivity contribution is 8.01. The average molecular weight is 411 g/mol. The molecule has 0 radical (unpaired) electrons. The molecule has 1 heterocycles. The van der Waals surface area contributed by atoms with Gasteiger partial charge in [-0.25, -0.2) is 0 Å². The molecule has 0 saturated heterocycles. The Balaban J connectivity index is 1.65. The Hall–Kier alpha value is -3.34. The first-order valence-electron chi connectivity index (χ1n) is 7.67. The van der Waals surface area contributed by atoms with E-state index in [9.17, 15) is 28.4 Å². The summed E-state index contributed by atoms with van der Waals surface area (Å²) in [6, 6.07) is 10.5. The van der Waals surface area contributed by atoms with Crippen LogP contribution < -0.4 is 14.8 Å². The molecule has 0 aliphatic carbocycles. The molecule has 2 aromatic carbocycles. The monoisotopic (exact) mass is 411 g/mol. The van der Waals surface area contributed by atoms with Crippen LogP contribution >= 0.6 is 11.9 Å². The average Bonchev–Trinajstić information content (AvgIpc) is 3.14. The first-order valence-corrected chi connectivity index (χ1v) is 8.48. The number of benzene rings is 2. The van der Waals surface area contributed by atoms with Crippen molar-refractivity contribution in [2.24, 2.45) is 0 Å². The Bertz CT molecular complexity index is 942. The van der Waals surface area contributed by atoms with Gasteiger partial charge in [0, 0.05) is 5.69 Å². The second-order valence-corrected chi connectivity index (χ2v) is 6.31. The molecule has 3 rings (SSSR count). The molecule has 2 aromatic rings. The highest BCUT2D eigenvalue weighted by atomic mass is 32.2. The lowest BCUT2D eigenvalue weighted by atomic mass is 10.2. The van der Waals surface area contributed by atoms with Gasteiger partial charge in [0.2, 0.25) is 5.88 Å². The molecule has 3 N–H and O–H groups in total. The lowest BCUT2D eigenvalue weighted by molar-refractivity contribution is -0.410. The van der Waals surface area contributed by atoms with Gasteiger partial charge in [-0.05, 0) is 48.5 Å². The molecule has 0 amide bonds. The Labute approximate surface area is 160 Å². The second-order valence-electron chi connectivity index (χ2n) is 5.48. The smallest absolute Gasteiger partial charge is 0.416 e. The van der Waals surface area contributed by atoms with Crippen molar-refractivity contribution in [2.45, 2.75) is 6.18 Å². The van der Waals surface area contributed by atoms with E-state index < -0.39 is 16.7 Å². The Morgan fingerprint density at radius 2 is 1.68 bits per heavy atom. The normalized spacial score (nSPS) is 15.5. The van der Waals surface area contributed by atoms with E-state index in [1.54, 1.807) is 24.3 Å². The van der Waals surface area contributed by atoms with E-state index in [1.807, 2.05) is 0 Å². The minimum absolute atomic E-state index is 0.149. The van der Waals surface area contributed by atoms with E-state index in [4.69, 9.17) is 4.74 Å². The van der Waals surface area contributed by atoms with Crippen LogP contribution in [0.15, 0.2) is 71.2 Å². The van der Waals surface area contributed by atoms with Gasteiger partial charge in [0.25, 0.3) is 0 Å². The minimum Gasteiger partial charge on any atom is -0.493 e. The fourth-order valence-corrected chi connectivity index (χ4v) is 2.78. The summed E-state index contributed by atoms with van der Waals surface area (Å²) >= 11 is 0.767. The molecule has 28 heavy (non-hydrogen) atoms. The van der Waals surface area contributed by atoms with E-state index in [0.29, 0.717) is 11.4 Å². The molecule has 1 aliphatic rings. The molecule has 146 valence electrons. The summed E-state index contributed by atoms with van der Waals surface area (Å²) < 4.78 is 45.7. The van der Waals surface area contributed by atoms with Crippen molar-refractivity contribution >= 4 is 17.6 Å². The van der Waals surface area contributed by atoms with Crippen LogP contribution in [0.5, 0.6) is 11.5 Å². The Morgan fingerprint density at radius 1 is 1.11 bits per heavy atom. The third-order valence-corrected chi connectivity index (χ3v) is 4.30. The van der Waals surface area contributed by atoms with E-state index in [1.165, 1.54) is 18.2 Å². The van der Waals surface area contributed by atoms with Crippen molar-refractivity contribution in [2.75, 3.05) is 5.32 Å². The molecule has 0 aromatic heterocycles. The van der Waals surface area contributed by atoms with Crippen LogP contribution in [-0.4, -0.2) is 10.0 Å². The number of ether oxygens (including phenoxy) is 1. The molecule has 0 atom stereocenters. The van der Waals surface area contributed by atoms with E-state index in [2.05, 4.69) is 10.0 Å². The summed E-state index contributed by atoms with van der Waals surface area (Å²) in [6.45, 7) is 0. The molecule has 11 heteroatoms. The number of aliphatic hydroxyl groups excluding tert-OH is 1. The Kier molecular flexibility index (Phi) is 5.36. The van der Waals surface area contributed by atoms with E-state index >= 15 is 0 Å². The van der Waals surface area contributed by atoms with Crippen molar-refractivity contribution in [3.05, 3.63) is 86.9 Å². The molecule has 0 unspecified atom stereocenters. The maximum Gasteiger partial charge on any atom is 0.416 e. The van der Waals surface area contributed by atoms with Crippen LogP contribution in [0.2, 0.25) is 0 Å². The maximum atomic E-state index is 12.6. The predicted octanol–water partition coefficient (Wildman–Crippen LogP) is 5.01. The van der Waals surface area contributed by atoms with Crippen LogP contribution in [0.25, 0.3) is 0 Å². The summed E-state index contributed by atoms with van der Waals surface area (Å²) in [5, 5.41) is 23.2. The molecule has 0 spiro atoms. The summed E-state index contributed by atoms with van der Waals surface area (Å²) in [4.78, 5) is 10.1. The van der Waals surface area contributed by atoms with Crippen molar-refractivity contribution in [3.63, 3.8) is 0 Å². The summed E-state index contributed by atoms with van der Waals surface area (Å²) in [5.41, 5.74) is -0.141. The molecular weight excluding hydrogens is 399 g/mol. The highest BCUT2D eigenvalue weighted by Gasteiger charge is 2.30. The number of nitrogens with zero attached hydrogens (tertiary/aromatic N) is 1. The van der Waals surface area contributed by atoms with Gasteiger partial charge in [-0.1, -0.05) is 0 Å². The van der Waals surface area contributed by atoms with Gasteiger partial charge in [0.15, 0.2) is 0 Å². The summed E-state index contributed by atoms with van der Waals surface area (Å²) in [6.07, 6.45) is -3.22. The third kappa shape index (κ3) is 4.68. The fourth-order valence-electron chi connectivity index (χ4n) is 2.15. The van der Waals surface area contributed by atoms with Crippen LogP contribution in [0, 0.1) is 10.1 Å². The van der Waals surface area contributed by atoms with E-state index in [0.717, 1.165) is 24.1 Å². The first kappa shape index (κ1) is 19.4. The van der Waals surface area contributed by atoms with Gasteiger partial charge in [-0.2, -0.15) is 13.2 Å². The quantitative estimate of drug-likeness (QED) is 0.276. The highest BCUT2D eigenvalue weighted by Crippen LogP contribution is 2.32. The number of hydrogen-bond donors (Lipinski definition) is 3. The molecule has 7 nitrogen and oxygen atoms in total. The largest absolute Gasteiger partial charge is 0.493 e. The number of rotatable bonds is 5. The van der Waals surface area contributed by atoms with Gasteiger partial charge in [0.1, 0.15) is 17.2 Å². The first-order chi connectivity index (χ1) is 13.2. The topological polar surface area (TPSA) is 96.7 Å². The lowest BCUT2D eigenvalue weighted by Gasteiger charge is -2.10. The zero-order valence-electron chi connectivity index (χ0n) is 13.9. The molecule has 0 bridgehead atoms. The summed E-state index contributed by atoms with van der Waals surface area (Å²) in [7, 11) is 0. The van der Waals surface area contributed by atoms with Gasteiger partial charge in [0.05, 0.1) is 28.5 Å². The number of alkyl halides is 3. The van der Waals surface area contributed by atoms with Crippen molar-refractivity contribution in [3.8, 4) is 11.5 Å². The van der Waals surface area contributed by atoms with Crippen molar-refractivity contribution in [1.29, 1.82) is 0 Å². The van der Waals surface area contributed by atoms with Gasteiger partial charge >= 0.3 is 11.2 Å². The van der Waals surface area contributed by atoms with Crippen molar-refractivity contribution in [1.82, 2.24) is 4.72 Å². The van der Waals surface area contributed by atoms with Crippen LogP contribution in [0.4, 0.5) is 18.9 Å². The molecule has 0 fully saturated rings. The number of nitrogens with one attached hydrogen (secondary N) is 2.